The van der Waals surface area contributed by atoms with Crippen LogP contribution in [-0.2, 0) is 16.1 Å². The maximum atomic E-state index is 11.8. The lowest BCUT2D eigenvalue weighted by molar-refractivity contribution is -0.115. The first-order valence-electron chi connectivity index (χ1n) is 7.35. The molecule has 0 unspecified atom stereocenters. The molecule has 23 heavy (non-hydrogen) atoms. The normalized spacial score (nSPS) is 10.1. The fraction of sp³-hybridized carbons (Fsp3) is 0.235. The number of pyridine rings is 1. The number of anilines is 1. The molecule has 0 radical (unpaired) electrons. The predicted octanol–water partition coefficient (Wildman–Crippen LogP) is 1.99. The SMILES string of the molecule is CCOC(=O)c1ccc(NC(=O)CNCc2ccncc2)cc1. The Hall–Kier alpha value is -2.73. The molecule has 2 N–H and O–H groups in total. The zero-order valence-corrected chi connectivity index (χ0v) is 12.9. The van der Waals surface area contributed by atoms with Crippen LogP contribution in [0.3, 0.4) is 0 Å². The Bertz CT molecular complexity index is 642. The second-order valence-corrected chi connectivity index (χ2v) is 4.81. The molecule has 0 atom stereocenters. The first kappa shape index (κ1) is 16.6. The van der Waals surface area contributed by atoms with Crippen molar-refractivity contribution in [1.82, 2.24) is 10.3 Å². The van der Waals surface area contributed by atoms with Gasteiger partial charge in [0.25, 0.3) is 0 Å². The average Bonchev–Trinajstić information content (AvgIpc) is 2.57. The van der Waals surface area contributed by atoms with Gasteiger partial charge in [-0.2, -0.15) is 0 Å². The van der Waals surface area contributed by atoms with Gasteiger partial charge in [0.1, 0.15) is 0 Å². The summed E-state index contributed by atoms with van der Waals surface area (Å²) in [6.45, 7) is 2.88. The monoisotopic (exact) mass is 313 g/mol. The van der Waals surface area contributed by atoms with Crippen molar-refractivity contribution in [2.45, 2.75) is 13.5 Å². The van der Waals surface area contributed by atoms with E-state index >= 15 is 0 Å². The fourth-order valence-electron chi connectivity index (χ4n) is 1.93. The van der Waals surface area contributed by atoms with Gasteiger partial charge in [0.05, 0.1) is 18.7 Å². The molecule has 0 spiro atoms. The van der Waals surface area contributed by atoms with E-state index in [-0.39, 0.29) is 18.4 Å². The fourth-order valence-corrected chi connectivity index (χ4v) is 1.93. The van der Waals surface area contributed by atoms with Crippen molar-refractivity contribution < 1.29 is 14.3 Å². The summed E-state index contributed by atoms with van der Waals surface area (Å²) in [7, 11) is 0. The lowest BCUT2D eigenvalue weighted by atomic mass is 10.2. The molecular weight excluding hydrogens is 294 g/mol. The number of ether oxygens (including phenoxy) is 1. The van der Waals surface area contributed by atoms with Gasteiger partial charge in [-0.05, 0) is 48.9 Å². The van der Waals surface area contributed by atoms with Crippen LogP contribution in [0.1, 0.15) is 22.8 Å². The van der Waals surface area contributed by atoms with Crippen LogP contribution >= 0.6 is 0 Å². The van der Waals surface area contributed by atoms with Crippen molar-refractivity contribution >= 4 is 17.6 Å². The molecule has 1 heterocycles. The van der Waals surface area contributed by atoms with Crippen LogP contribution in [-0.4, -0.2) is 30.0 Å². The summed E-state index contributed by atoms with van der Waals surface area (Å²) < 4.78 is 4.90. The molecule has 0 aliphatic rings. The van der Waals surface area contributed by atoms with Crippen LogP contribution in [0.5, 0.6) is 0 Å². The predicted molar refractivity (Wildman–Crippen MR) is 87.0 cm³/mol. The van der Waals surface area contributed by atoms with Crippen molar-refractivity contribution in [2.75, 3.05) is 18.5 Å². The third-order valence-electron chi connectivity index (χ3n) is 3.04. The number of benzene rings is 1. The van der Waals surface area contributed by atoms with E-state index in [1.165, 1.54) is 0 Å². The van der Waals surface area contributed by atoms with Gasteiger partial charge in [-0.15, -0.1) is 0 Å². The van der Waals surface area contributed by atoms with Crippen molar-refractivity contribution in [2.24, 2.45) is 0 Å². The summed E-state index contributed by atoms with van der Waals surface area (Å²) in [5.74, 6) is -0.521. The first-order chi connectivity index (χ1) is 11.2. The van der Waals surface area contributed by atoms with Gasteiger partial charge in [0.2, 0.25) is 5.91 Å². The number of rotatable bonds is 7. The van der Waals surface area contributed by atoms with Crippen molar-refractivity contribution in [3.63, 3.8) is 0 Å². The Morgan fingerprint density at radius 1 is 1.09 bits per heavy atom. The molecule has 2 rings (SSSR count). The zero-order chi connectivity index (χ0) is 16.5. The second-order valence-electron chi connectivity index (χ2n) is 4.81. The van der Waals surface area contributed by atoms with Crippen LogP contribution in [0.15, 0.2) is 48.8 Å². The number of aromatic nitrogens is 1. The van der Waals surface area contributed by atoms with E-state index in [2.05, 4.69) is 15.6 Å². The van der Waals surface area contributed by atoms with Crippen molar-refractivity contribution in [3.05, 3.63) is 59.9 Å². The van der Waals surface area contributed by atoms with E-state index < -0.39 is 0 Å². The Kier molecular flexibility index (Phi) is 6.26. The Morgan fingerprint density at radius 3 is 2.43 bits per heavy atom. The molecule has 0 aliphatic carbocycles. The molecule has 6 heteroatoms. The molecule has 0 saturated heterocycles. The van der Waals surface area contributed by atoms with Gasteiger partial charge in [-0.3, -0.25) is 9.78 Å². The van der Waals surface area contributed by atoms with E-state index in [1.807, 2.05) is 12.1 Å². The number of amides is 1. The molecule has 0 saturated carbocycles. The molecule has 0 aliphatic heterocycles. The maximum Gasteiger partial charge on any atom is 0.338 e. The Balaban J connectivity index is 1.77. The lowest BCUT2D eigenvalue weighted by Crippen LogP contribution is -2.27. The zero-order valence-electron chi connectivity index (χ0n) is 12.9. The Labute approximate surface area is 134 Å². The van der Waals surface area contributed by atoms with E-state index in [0.29, 0.717) is 24.4 Å². The van der Waals surface area contributed by atoms with Gasteiger partial charge >= 0.3 is 5.97 Å². The highest BCUT2D eigenvalue weighted by atomic mass is 16.5. The molecule has 6 nitrogen and oxygen atoms in total. The number of esters is 1. The number of hydrogen-bond acceptors (Lipinski definition) is 5. The molecule has 1 amide bonds. The third kappa shape index (κ3) is 5.52. The topological polar surface area (TPSA) is 80.3 Å². The molecular formula is C17H19N3O3. The lowest BCUT2D eigenvalue weighted by Gasteiger charge is -2.07. The highest BCUT2D eigenvalue weighted by Crippen LogP contribution is 2.10. The van der Waals surface area contributed by atoms with Crippen molar-refractivity contribution in [3.8, 4) is 0 Å². The molecule has 0 bridgehead atoms. The number of nitrogens with one attached hydrogen (secondary N) is 2. The van der Waals surface area contributed by atoms with Crippen LogP contribution in [0.2, 0.25) is 0 Å². The quantitative estimate of drug-likeness (QED) is 0.764. The summed E-state index contributed by atoms with van der Waals surface area (Å²) in [6.07, 6.45) is 3.42. The van der Waals surface area contributed by atoms with E-state index in [1.54, 1.807) is 43.6 Å². The molecule has 120 valence electrons. The highest BCUT2D eigenvalue weighted by molar-refractivity contribution is 5.93. The number of carbonyl (C=O) groups excluding carboxylic acids is 2. The van der Waals surface area contributed by atoms with Gasteiger partial charge in [0, 0.05) is 24.6 Å². The maximum absolute atomic E-state index is 11.8. The average molecular weight is 313 g/mol. The first-order valence-corrected chi connectivity index (χ1v) is 7.35. The third-order valence-corrected chi connectivity index (χ3v) is 3.04. The van der Waals surface area contributed by atoms with Crippen molar-refractivity contribution in [1.29, 1.82) is 0 Å². The molecule has 0 fully saturated rings. The van der Waals surface area contributed by atoms with Gasteiger partial charge in [0.15, 0.2) is 0 Å². The smallest absolute Gasteiger partial charge is 0.338 e. The minimum absolute atomic E-state index is 0.150. The van der Waals surface area contributed by atoms with E-state index in [9.17, 15) is 9.59 Å². The summed E-state index contributed by atoms with van der Waals surface area (Å²) in [5.41, 5.74) is 2.15. The van der Waals surface area contributed by atoms with E-state index in [4.69, 9.17) is 4.74 Å². The van der Waals surface area contributed by atoms with Crippen LogP contribution in [0.4, 0.5) is 5.69 Å². The van der Waals surface area contributed by atoms with E-state index in [0.717, 1.165) is 5.56 Å². The minimum Gasteiger partial charge on any atom is -0.462 e. The largest absolute Gasteiger partial charge is 0.462 e. The minimum atomic E-state index is -0.371. The number of nitrogens with zero attached hydrogens (tertiary/aromatic N) is 1. The summed E-state index contributed by atoms with van der Waals surface area (Å²) >= 11 is 0. The van der Waals surface area contributed by atoms with Gasteiger partial charge in [-0.1, -0.05) is 0 Å². The summed E-state index contributed by atoms with van der Waals surface area (Å²) in [5, 5.41) is 5.81. The van der Waals surface area contributed by atoms with Crippen LogP contribution < -0.4 is 10.6 Å². The molecule has 2 aromatic rings. The second kappa shape index (κ2) is 8.65. The summed E-state index contributed by atoms with van der Waals surface area (Å²) in [6, 6.07) is 10.4. The van der Waals surface area contributed by atoms with Gasteiger partial charge < -0.3 is 15.4 Å². The van der Waals surface area contributed by atoms with Crippen LogP contribution in [0, 0.1) is 0 Å². The number of hydrogen-bond donors (Lipinski definition) is 2. The van der Waals surface area contributed by atoms with Crippen LogP contribution in [0.25, 0.3) is 0 Å². The standard InChI is InChI=1S/C17H19N3O3/c1-2-23-17(22)14-3-5-15(6-4-14)20-16(21)12-19-11-13-7-9-18-10-8-13/h3-10,19H,2,11-12H2,1H3,(H,20,21). The molecule has 1 aromatic carbocycles. The van der Waals surface area contributed by atoms with Gasteiger partial charge in [-0.25, -0.2) is 4.79 Å². The highest BCUT2D eigenvalue weighted by Gasteiger charge is 2.07. The summed E-state index contributed by atoms with van der Waals surface area (Å²) in [4.78, 5) is 27.3. The molecule has 1 aromatic heterocycles. The number of carbonyl (C=O) groups is 2. The Morgan fingerprint density at radius 2 is 1.78 bits per heavy atom.